The SMILES string of the molecule is CCC(C)c1ccc(C(C)C)c(NC(=S)NC(C)(C)C)c1C(C)C. The third kappa shape index (κ3) is 5.47. The molecule has 0 aromatic heterocycles. The van der Waals surface area contributed by atoms with Crippen molar-refractivity contribution in [1.29, 1.82) is 0 Å². The second-order valence-electron chi connectivity index (χ2n) is 8.48. The van der Waals surface area contributed by atoms with Crippen LogP contribution in [0.3, 0.4) is 0 Å². The van der Waals surface area contributed by atoms with Crippen LogP contribution in [0.25, 0.3) is 0 Å². The molecule has 0 fully saturated rings. The van der Waals surface area contributed by atoms with Crippen LogP contribution in [0.5, 0.6) is 0 Å². The molecule has 136 valence electrons. The molecule has 0 aliphatic heterocycles. The molecular weight excluding hydrogens is 312 g/mol. The van der Waals surface area contributed by atoms with E-state index in [-0.39, 0.29) is 5.54 Å². The van der Waals surface area contributed by atoms with Crippen molar-refractivity contribution in [2.24, 2.45) is 0 Å². The minimum absolute atomic E-state index is 0.0472. The molecule has 2 nitrogen and oxygen atoms in total. The van der Waals surface area contributed by atoms with E-state index in [4.69, 9.17) is 12.2 Å². The summed E-state index contributed by atoms with van der Waals surface area (Å²) in [6.45, 7) is 20.0. The van der Waals surface area contributed by atoms with E-state index in [1.165, 1.54) is 22.4 Å². The fraction of sp³-hybridized carbons (Fsp3) is 0.667. The Balaban J connectivity index is 3.43. The zero-order valence-corrected chi connectivity index (χ0v) is 17.8. The summed E-state index contributed by atoms with van der Waals surface area (Å²) in [5.41, 5.74) is 5.35. The maximum absolute atomic E-state index is 5.59. The first-order valence-electron chi connectivity index (χ1n) is 9.23. The first-order chi connectivity index (χ1) is 11.0. The Morgan fingerprint density at radius 3 is 1.96 bits per heavy atom. The quantitative estimate of drug-likeness (QED) is 0.591. The van der Waals surface area contributed by atoms with Crippen LogP contribution in [0, 0.1) is 0 Å². The van der Waals surface area contributed by atoms with Gasteiger partial charge in [-0.25, -0.2) is 0 Å². The van der Waals surface area contributed by atoms with Crippen LogP contribution in [0.1, 0.15) is 103 Å². The molecule has 3 heteroatoms. The van der Waals surface area contributed by atoms with Crippen LogP contribution in [0.4, 0.5) is 5.69 Å². The van der Waals surface area contributed by atoms with E-state index in [9.17, 15) is 0 Å². The second-order valence-corrected chi connectivity index (χ2v) is 8.89. The number of anilines is 1. The van der Waals surface area contributed by atoms with E-state index >= 15 is 0 Å². The Bertz CT molecular complexity index is 568. The van der Waals surface area contributed by atoms with Gasteiger partial charge in [-0.2, -0.15) is 0 Å². The summed E-state index contributed by atoms with van der Waals surface area (Å²) >= 11 is 5.59. The van der Waals surface area contributed by atoms with Gasteiger partial charge in [0.15, 0.2) is 5.11 Å². The van der Waals surface area contributed by atoms with E-state index in [1.807, 2.05) is 0 Å². The van der Waals surface area contributed by atoms with E-state index in [1.54, 1.807) is 0 Å². The van der Waals surface area contributed by atoms with Gasteiger partial charge in [0.25, 0.3) is 0 Å². The van der Waals surface area contributed by atoms with Gasteiger partial charge >= 0.3 is 0 Å². The summed E-state index contributed by atoms with van der Waals surface area (Å²) in [6.07, 6.45) is 1.14. The van der Waals surface area contributed by atoms with Crippen LogP contribution >= 0.6 is 12.2 Å². The minimum atomic E-state index is -0.0472. The predicted octanol–water partition coefficient (Wildman–Crippen LogP) is 6.53. The summed E-state index contributed by atoms with van der Waals surface area (Å²) in [5, 5.41) is 7.62. The molecule has 24 heavy (non-hydrogen) atoms. The molecule has 0 saturated heterocycles. The number of thiocarbonyl (C=S) groups is 1. The molecule has 0 heterocycles. The number of benzene rings is 1. The lowest BCUT2D eigenvalue weighted by Gasteiger charge is -2.29. The normalized spacial score (nSPS) is 13.3. The molecular formula is C21H36N2S. The van der Waals surface area contributed by atoms with Gasteiger partial charge in [0, 0.05) is 11.2 Å². The Morgan fingerprint density at radius 2 is 1.54 bits per heavy atom. The van der Waals surface area contributed by atoms with Crippen molar-refractivity contribution >= 4 is 23.0 Å². The fourth-order valence-corrected chi connectivity index (χ4v) is 3.44. The Labute approximate surface area is 154 Å². The van der Waals surface area contributed by atoms with Crippen LogP contribution in [0.15, 0.2) is 12.1 Å². The van der Waals surface area contributed by atoms with Crippen molar-refractivity contribution in [3.63, 3.8) is 0 Å². The third-order valence-electron chi connectivity index (χ3n) is 4.38. The Hall–Kier alpha value is -1.09. The van der Waals surface area contributed by atoms with E-state index < -0.39 is 0 Å². The summed E-state index contributed by atoms with van der Waals surface area (Å²) < 4.78 is 0. The van der Waals surface area contributed by atoms with Crippen molar-refractivity contribution < 1.29 is 0 Å². The largest absolute Gasteiger partial charge is 0.358 e. The molecule has 1 atom stereocenters. The highest BCUT2D eigenvalue weighted by Crippen LogP contribution is 2.38. The Kier molecular flexibility index (Phi) is 7.27. The monoisotopic (exact) mass is 348 g/mol. The number of rotatable bonds is 5. The molecule has 0 aliphatic rings. The average molecular weight is 349 g/mol. The lowest BCUT2D eigenvalue weighted by atomic mass is 9.83. The average Bonchev–Trinajstić information content (AvgIpc) is 2.43. The summed E-state index contributed by atoms with van der Waals surface area (Å²) in [6, 6.07) is 4.60. The maximum Gasteiger partial charge on any atom is 0.171 e. The molecule has 0 amide bonds. The van der Waals surface area contributed by atoms with Gasteiger partial charge in [0.1, 0.15) is 0 Å². The molecule has 0 radical (unpaired) electrons. The molecule has 0 saturated carbocycles. The number of hydrogen-bond donors (Lipinski definition) is 2. The highest BCUT2D eigenvalue weighted by atomic mass is 32.1. The van der Waals surface area contributed by atoms with Crippen molar-refractivity contribution in [3.8, 4) is 0 Å². The van der Waals surface area contributed by atoms with E-state index in [0.717, 1.165) is 6.42 Å². The summed E-state index contributed by atoms with van der Waals surface area (Å²) in [4.78, 5) is 0. The molecule has 0 aliphatic carbocycles. The lowest BCUT2D eigenvalue weighted by molar-refractivity contribution is 0.514. The van der Waals surface area contributed by atoms with Gasteiger partial charge in [0.05, 0.1) is 0 Å². The molecule has 0 spiro atoms. The van der Waals surface area contributed by atoms with Crippen molar-refractivity contribution in [2.45, 2.75) is 92.0 Å². The zero-order valence-electron chi connectivity index (χ0n) is 17.0. The maximum atomic E-state index is 5.59. The van der Waals surface area contributed by atoms with E-state index in [2.05, 4.69) is 85.1 Å². The van der Waals surface area contributed by atoms with Crippen molar-refractivity contribution in [2.75, 3.05) is 5.32 Å². The zero-order chi connectivity index (χ0) is 18.7. The van der Waals surface area contributed by atoms with Gasteiger partial charge < -0.3 is 10.6 Å². The second kappa shape index (κ2) is 8.33. The molecule has 1 unspecified atom stereocenters. The van der Waals surface area contributed by atoms with Gasteiger partial charge in [-0.1, -0.05) is 53.7 Å². The van der Waals surface area contributed by atoms with Gasteiger partial charge in [-0.15, -0.1) is 0 Å². The topological polar surface area (TPSA) is 24.1 Å². The van der Waals surface area contributed by atoms with Crippen LogP contribution in [-0.2, 0) is 0 Å². The van der Waals surface area contributed by atoms with Crippen LogP contribution in [0.2, 0.25) is 0 Å². The third-order valence-corrected chi connectivity index (χ3v) is 4.59. The summed E-state index contributed by atoms with van der Waals surface area (Å²) in [7, 11) is 0. The molecule has 0 bridgehead atoms. The van der Waals surface area contributed by atoms with E-state index in [0.29, 0.717) is 22.9 Å². The molecule has 1 aromatic rings. The number of hydrogen-bond acceptors (Lipinski definition) is 1. The van der Waals surface area contributed by atoms with Crippen molar-refractivity contribution in [1.82, 2.24) is 5.32 Å². The Morgan fingerprint density at radius 1 is 1.00 bits per heavy atom. The molecule has 1 aromatic carbocycles. The van der Waals surface area contributed by atoms with Gasteiger partial charge in [0.2, 0.25) is 0 Å². The lowest BCUT2D eigenvalue weighted by Crippen LogP contribution is -2.43. The summed E-state index contributed by atoms with van der Waals surface area (Å²) in [5.74, 6) is 1.45. The first kappa shape index (κ1) is 21.0. The highest BCUT2D eigenvalue weighted by molar-refractivity contribution is 7.80. The number of nitrogens with one attached hydrogen (secondary N) is 2. The standard InChI is InChI=1S/C21H36N2S/c1-10-15(6)17-12-11-16(13(2)3)19(18(17)14(4)5)22-20(24)23-21(7,8)9/h11-15H,10H2,1-9H3,(H2,22,23,24). The van der Waals surface area contributed by atoms with Gasteiger partial charge in [-0.05, 0) is 73.9 Å². The van der Waals surface area contributed by atoms with Crippen LogP contribution < -0.4 is 10.6 Å². The predicted molar refractivity (Wildman–Crippen MR) is 112 cm³/mol. The molecule has 1 rings (SSSR count). The first-order valence-corrected chi connectivity index (χ1v) is 9.64. The van der Waals surface area contributed by atoms with Crippen LogP contribution in [-0.4, -0.2) is 10.7 Å². The molecule has 2 N–H and O–H groups in total. The smallest absolute Gasteiger partial charge is 0.171 e. The van der Waals surface area contributed by atoms with Gasteiger partial charge in [-0.3, -0.25) is 0 Å². The van der Waals surface area contributed by atoms with Crippen molar-refractivity contribution in [3.05, 3.63) is 28.8 Å². The fourth-order valence-electron chi connectivity index (χ4n) is 3.03. The minimum Gasteiger partial charge on any atom is -0.358 e. The highest BCUT2D eigenvalue weighted by Gasteiger charge is 2.22.